The molecule has 1 aliphatic rings. The van der Waals surface area contributed by atoms with Crippen LogP contribution in [0.5, 0.6) is 11.5 Å². The molecule has 3 aromatic carbocycles. The molecule has 3 aromatic rings. The SMILES string of the molecule is COc1ccc(CCOC2CCCC[C@@H]2CC(C)(C)[Si](O)(c2ccccc2)c2ccccc2)cc1OC. The third-order valence-electron chi connectivity index (χ3n) is 8.15. The molecule has 0 heterocycles. The highest BCUT2D eigenvalue weighted by molar-refractivity contribution is 6.98. The van der Waals surface area contributed by atoms with Crippen LogP contribution in [0.2, 0.25) is 5.04 Å². The molecule has 1 aliphatic carbocycles. The standard InChI is InChI=1S/C32H42O4Si/c1-32(2,37(33,27-14-7-5-8-15-27)28-16-9-6-10-17-28)24-26-13-11-12-18-29(26)36-22-21-25-19-20-30(34-3)31(23-25)35-4/h5-10,14-17,19-20,23,26,29,33H,11-13,18,21-22,24H2,1-4H3/t26-,29?/m1/s1. The Kier molecular flexibility index (Phi) is 9.11. The van der Waals surface area contributed by atoms with Crippen LogP contribution in [0.15, 0.2) is 78.9 Å². The van der Waals surface area contributed by atoms with E-state index in [0.29, 0.717) is 12.5 Å². The fourth-order valence-corrected chi connectivity index (χ4v) is 9.90. The van der Waals surface area contributed by atoms with Crippen LogP contribution in [0.25, 0.3) is 0 Å². The van der Waals surface area contributed by atoms with Gasteiger partial charge < -0.3 is 19.0 Å². The minimum absolute atomic E-state index is 0.220. The molecule has 37 heavy (non-hydrogen) atoms. The van der Waals surface area contributed by atoms with Gasteiger partial charge in [0.2, 0.25) is 0 Å². The van der Waals surface area contributed by atoms with Gasteiger partial charge in [0, 0.05) is 0 Å². The summed E-state index contributed by atoms with van der Waals surface area (Å²) in [4.78, 5) is 12.6. The summed E-state index contributed by atoms with van der Waals surface area (Å²) in [5.41, 5.74) is 1.18. The molecule has 0 aromatic heterocycles. The van der Waals surface area contributed by atoms with Crippen LogP contribution >= 0.6 is 0 Å². The van der Waals surface area contributed by atoms with E-state index in [2.05, 4.69) is 44.2 Å². The second-order valence-electron chi connectivity index (χ2n) is 10.9. The second-order valence-corrected chi connectivity index (χ2v) is 14.9. The Labute approximate surface area is 223 Å². The minimum Gasteiger partial charge on any atom is -0.493 e. The van der Waals surface area contributed by atoms with Crippen LogP contribution in [-0.2, 0) is 11.2 Å². The molecule has 1 saturated carbocycles. The van der Waals surface area contributed by atoms with E-state index in [9.17, 15) is 4.80 Å². The van der Waals surface area contributed by atoms with Gasteiger partial charge in [-0.3, -0.25) is 0 Å². The summed E-state index contributed by atoms with van der Waals surface area (Å²) in [6.07, 6.45) is 6.67. The van der Waals surface area contributed by atoms with Crippen molar-refractivity contribution < 1.29 is 19.0 Å². The summed E-state index contributed by atoms with van der Waals surface area (Å²) in [5.74, 6) is 1.93. The Morgan fingerprint density at radius 1 is 0.811 bits per heavy atom. The van der Waals surface area contributed by atoms with Crippen molar-refractivity contribution in [1.82, 2.24) is 0 Å². The molecule has 0 aliphatic heterocycles. The molecule has 0 amide bonds. The monoisotopic (exact) mass is 518 g/mol. The Hall–Kier alpha value is -2.60. The lowest BCUT2D eigenvalue weighted by molar-refractivity contribution is -0.0155. The average molecular weight is 519 g/mol. The van der Waals surface area contributed by atoms with E-state index in [4.69, 9.17) is 14.2 Å². The summed E-state index contributed by atoms with van der Waals surface area (Å²) in [6, 6.07) is 26.8. The number of rotatable bonds is 11. The quantitative estimate of drug-likeness (QED) is 0.329. The fraction of sp³-hybridized carbons (Fsp3) is 0.438. The lowest BCUT2D eigenvalue weighted by Gasteiger charge is -2.45. The van der Waals surface area contributed by atoms with E-state index in [-0.39, 0.29) is 11.1 Å². The van der Waals surface area contributed by atoms with Crippen molar-refractivity contribution >= 4 is 18.7 Å². The van der Waals surface area contributed by atoms with Gasteiger partial charge in [0.15, 0.2) is 11.5 Å². The van der Waals surface area contributed by atoms with Gasteiger partial charge in [-0.1, -0.05) is 93.4 Å². The molecular formula is C32H42O4Si. The van der Waals surface area contributed by atoms with Gasteiger partial charge in [0.25, 0.3) is 8.32 Å². The molecule has 0 radical (unpaired) electrons. The first-order valence-electron chi connectivity index (χ1n) is 13.5. The second kappa shape index (κ2) is 12.3. The maximum atomic E-state index is 12.6. The highest BCUT2D eigenvalue weighted by Crippen LogP contribution is 2.45. The smallest absolute Gasteiger partial charge is 0.258 e. The summed E-state index contributed by atoms with van der Waals surface area (Å²) in [7, 11) is 0.298. The van der Waals surface area contributed by atoms with Gasteiger partial charge in [-0.05, 0) is 64.7 Å². The Bertz CT molecular complexity index is 1080. The summed E-state index contributed by atoms with van der Waals surface area (Å²) in [5, 5.41) is 1.89. The molecular weight excluding hydrogens is 476 g/mol. The van der Waals surface area contributed by atoms with Crippen molar-refractivity contribution in [3.05, 3.63) is 84.4 Å². The molecule has 4 nitrogen and oxygen atoms in total. The van der Waals surface area contributed by atoms with Crippen LogP contribution in [0.1, 0.15) is 51.5 Å². The maximum absolute atomic E-state index is 12.6. The first kappa shape index (κ1) is 27.4. The van der Waals surface area contributed by atoms with Crippen molar-refractivity contribution in [2.24, 2.45) is 5.92 Å². The predicted molar refractivity (Wildman–Crippen MR) is 154 cm³/mol. The summed E-state index contributed by atoms with van der Waals surface area (Å²) in [6.45, 7) is 5.22. The third-order valence-corrected chi connectivity index (χ3v) is 12.6. The van der Waals surface area contributed by atoms with Crippen molar-refractivity contribution in [2.45, 2.75) is 63.5 Å². The van der Waals surface area contributed by atoms with Crippen molar-refractivity contribution in [3.63, 3.8) is 0 Å². The Morgan fingerprint density at radius 2 is 1.41 bits per heavy atom. The van der Waals surface area contributed by atoms with Crippen LogP contribution < -0.4 is 19.8 Å². The van der Waals surface area contributed by atoms with Gasteiger partial charge in [-0.15, -0.1) is 0 Å². The molecule has 2 atom stereocenters. The van der Waals surface area contributed by atoms with Crippen LogP contribution in [0, 0.1) is 5.92 Å². The number of hydrogen-bond donors (Lipinski definition) is 1. The fourth-order valence-electron chi connectivity index (χ4n) is 6.10. The lowest BCUT2D eigenvalue weighted by atomic mass is 9.81. The number of hydrogen-bond acceptors (Lipinski definition) is 4. The minimum atomic E-state index is -3.03. The van der Waals surface area contributed by atoms with Crippen molar-refractivity contribution in [3.8, 4) is 11.5 Å². The summed E-state index contributed by atoms with van der Waals surface area (Å²) >= 11 is 0. The van der Waals surface area contributed by atoms with E-state index in [1.807, 2.05) is 48.5 Å². The molecule has 198 valence electrons. The van der Waals surface area contributed by atoms with Crippen LogP contribution in [0.3, 0.4) is 0 Å². The van der Waals surface area contributed by atoms with Gasteiger partial charge in [-0.2, -0.15) is 0 Å². The third kappa shape index (κ3) is 6.11. The highest BCUT2D eigenvalue weighted by atomic mass is 28.4. The first-order valence-corrected chi connectivity index (χ1v) is 15.5. The molecule has 0 spiro atoms. The van der Waals surface area contributed by atoms with Gasteiger partial charge in [-0.25, -0.2) is 0 Å². The zero-order chi connectivity index (χ0) is 26.3. The first-order chi connectivity index (χ1) is 17.9. The van der Waals surface area contributed by atoms with Crippen molar-refractivity contribution in [1.29, 1.82) is 0 Å². The Balaban J connectivity index is 1.49. The number of ether oxygens (including phenoxy) is 3. The largest absolute Gasteiger partial charge is 0.493 e. The maximum Gasteiger partial charge on any atom is 0.258 e. The lowest BCUT2D eigenvalue weighted by Crippen LogP contribution is -2.65. The van der Waals surface area contributed by atoms with E-state index in [1.54, 1.807) is 14.2 Å². The summed E-state index contributed by atoms with van der Waals surface area (Å²) < 4.78 is 17.4. The number of benzene rings is 3. The predicted octanol–water partition coefficient (Wildman–Crippen LogP) is 5.74. The van der Waals surface area contributed by atoms with Crippen molar-refractivity contribution in [2.75, 3.05) is 20.8 Å². The van der Waals surface area contributed by atoms with E-state index in [1.165, 1.54) is 18.4 Å². The molecule has 0 saturated heterocycles. The van der Waals surface area contributed by atoms with Gasteiger partial charge in [0.1, 0.15) is 0 Å². The Morgan fingerprint density at radius 3 is 2.00 bits per heavy atom. The van der Waals surface area contributed by atoms with Gasteiger partial charge >= 0.3 is 0 Å². The topological polar surface area (TPSA) is 47.9 Å². The van der Waals surface area contributed by atoms with Crippen LogP contribution in [0.4, 0.5) is 0 Å². The van der Waals surface area contributed by atoms with Gasteiger partial charge in [0.05, 0.1) is 26.9 Å². The highest BCUT2D eigenvalue weighted by Gasteiger charge is 2.51. The molecule has 5 heteroatoms. The molecule has 4 rings (SSSR count). The normalized spacial score (nSPS) is 18.4. The molecule has 1 N–H and O–H groups in total. The average Bonchev–Trinajstić information content (AvgIpc) is 2.94. The zero-order valence-electron chi connectivity index (χ0n) is 22.8. The molecule has 1 unspecified atom stereocenters. The van der Waals surface area contributed by atoms with E-state index in [0.717, 1.165) is 47.6 Å². The van der Waals surface area contributed by atoms with Crippen LogP contribution in [-0.4, -0.2) is 40.0 Å². The molecule has 1 fully saturated rings. The zero-order valence-corrected chi connectivity index (χ0v) is 23.8. The number of methoxy groups -OCH3 is 2. The molecule has 0 bridgehead atoms. The van der Waals surface area contributed by atoms with E-state index < -0.39 is 8.32 Å². The van der Waals surface area contributed by atoms with E-state index >= 15 is 0 Å².